The third-order valence-corrected chi connectivity index (χ3v) is 4.58. The van der Waals surface area contributed by atoms with Crippen LogP contribution in [0.15, 0.2) is 24.3 Å². The monoisotopic (exact) mass is 390 g/mol. The van der Waals surface area contributed by atoms with Gasteiger partial charge in [-0.3, -0.25) is 14.5 Å². The number of carboxylic acid groups (broad SMARTS) is 2. The number of halogens is 1. The molecule has 1 aromatic rings. The maximum Gasteiger partial charge on any atom is 0.325 e. The first-order valence-corrected chi connectivity index (χ1v) is 7.14. The van der Waals surface area contributed by atoms with Crippen LogP contribution in [0.3, 0.4) is 0 Å². The molecule has 2 rings (SSSR count). The number of rotatable bonds is 4. The fraction of sp³-hybridized carbons (Fsp3) is 0.385. The number of hydrogen-bond acceptors (Lipinski definition) is 4. The summed E-state index contributed by atoms with van der Waals surface area (Å²) in [6.07, 6.45) is -0.0823. The van der Waals surface area contributed by atoms with Gasteiger partial charge >= 0.3 is 11.9 Å². The van der Waals surface area contributed by atoms with Crippen LogP contribution in [0, 0.1) is 3.57 Å². The number of nitrogens with two attached hydrogens (primary N) is 1. The zero-order valence-electron chi connectivity index (χ0n) is 10.6. The summed E-state index contributed by atoms with van der Waals surface area (Å²) in [7, 11) is 0. The maximum absolute atomic E-state index is 11.3. The molecule has 6 nitrogen and oxygen atoms in total. The van der Waals surface area contributed by atoms with Gasteiger partial charge in [-0.1, -0.05) is 18.2 Å². The number of nitrogens with zero attached hydrogens (tertiary/aromatic N) is 1. The van der Waals surface area contributed by atoms with Crippen molar-refractivity contribution in [1.82, 2.24) is 4.90 Å². The first-order valence-electron chi connectivity index (χ1n) is 6.06. The van der Waals surface area contributed by atoms with Gasteiger partial charge in [0, 0.05) is 23.1 Å². The molecular weight excluding hydrogens is 375 g/mol. The van der Waals surface area contributed by atoms with Crippen LogP contribution in [0.1, 0.15) is 12.0 Å². The van der Waals surface area contributed by atoms with Crippen molar-refractivity contribution >= 4 is 34.5 Å². The van der Waals surface area contributed by atoms with Gasteiger partial charge in [-0.25, -0.2) is 0 Å². The van der Waals surface area contributed by atoms with Crippen molar-refractivity contribution in [2.45, 2.75) is 24.5 Å². The zero-order valence-corrected chi connectivity index (χ0v) is 12.8. The molecule has 0 bridgehead atoms. The minimum absolute atomic E-state index is 0.0320. The molecule has 0 radical (unpaired) electrons. The van der Waals surface area contributed by atoms with Crippen LogP contribution in [0.2, 0.25) is 0 Å². The SMILES string of the molecule is NC1(C(=O)O)CC(C(=O)O)N(Cc2ccccc2I)C1. The van der Waals surface area contributed by atoms with Crippen LogP contribution in [0.4, 0.5) is 0 Å². The standard InChI is InChI=1S/C13H15IN2O4/c14-9-4-2-1-3-8(9)6-16-7-13(15,12(19)20)5-10(16)11(17)18/h1-4,10H,5-7,15H2,(H,17,18)(H,19,20). The lowest BCUT2D eigenvalue weighted by molar-refractivity contribution is -0.142. The predicted octanol–water partition coefficient (Wildman–Crippen LogP) is 0.732. The average Bonchev–Trinajstić information content (AvgIpc) is 2.71. The molecule has 108 valence electrons. The van der Waals surface area contributed by atoms with E-state index in [1.165, 1.54) is 0 Å². The molecule has 7 heteroatoms. The predicted molar refractivity (Wildman–Crippen MR) is 80.2 cm³/mol. The molecule has 1 saturated heterocycles. The van der Waals surface area contributed by atoms with Gasteiger partial charge in [-0.2, -0.15) is 0 Å². The summed E-state index contributed by atoms with van der Waals surface area (Å²) in [4.78, 5) is 24.1. The van der Waals surface area contributed by atoms with E-state index >= 15 is 0 Å². The molecule has 1 heterocycles. The Balaban J connectivity index is 2.23. The number of hydrogen-bond donors (Lipinski definition) is 3. The summed E-state index contributed by atoms with van der Waals surface area (Å²) in [5.41, 5.74) is 5.28. The molecule has 20 heavy (non-hydrogen) atoms. The quantitative estimate of drug-likeness (QED) is 0.655. The van der Waals surface area contributed by atoms with Gasteiger partial charge in [-0.05, 0) is 34.2 Å². The lowest BCUT2D eigenvalue weighted by Gasteiger charge is -2.22. The summed E-state index contributed by atoms with van der Waals surface area (Å²) >= 11 is 2.17. The van der Waals surface area contributed by atoms with E-state index in [1.807, 2.05) is 24.3 Å². The van der Waals surface area contributed by atoms with Gasteiger partial charge in [0.15, 0.2) is 0 Å². The van der Waals surface area contributed by atoms with E-state index in [9.17, 15) is 14.7 Å². The summed E-state index contributed by atoms with van der Waals surface area (Å²) in [6.45, 7) is 0.409. The molecule has 2 atom stereocenters. The van der Waals surface area contributed by atoms with Gasteiger partial charge in [0.1, 0.15) is 11.6 Å². The molecule has 0 aliphatic carbocycles. The number of benzene rings is 1. The third-order valence-electron chi connectivity index (χ3n) is 3.53. The van der Waals surface area contributed by atoms with Crippen LogP contribution in [0.5, 0.6) is 0 Å². The molecule has 1 aliphatic heterocycles. The van der Waals surface area contributed by atoms with E-state index in [1.54, 1.807) is 4.90 Å². The van der Waals surface area contributed by atoms with Crippen LogP contribution in [0.25, 0.3) is 0 Å². The molecule has 1 aliphatic rings. The highest BCUT2D eigenvalue weighted by atomic mass is 127. The molecule has 0 saturated carbocycles. The Kier molecular flexibility index (Phi) is 4.31. The van der Waals surface area contributed by atoms with E-state index in [4.69, 9.17) is 10.8 Å². The zero-order chi connectivity index (χ0) is 14.9. The maximum atomic E-state index is 11.3. The van der Waals surface area contributed by atoms with Gasteiger partial charge in [-0.15, -0.1) is 0 Å². The topological polar surface area (TPSA) is 104 Å². The van der Waals surface area contributed by atoms with Gasteiger partial charge in [0.25, 0.3) is 0 Å². The second-order valence-electron chi connectivity index (χ2n) is 5.02. The molecule has 1 fully saturated rings. The van der Waals surface area contributed by atoms with Crippen molar-refractivity contribution in [2.24, 2.45) is 5.73 Å². The Morgan fingerprint density at radius 2 is 2.05 bits per heavy atom. The van der Waals surface area contributed by atoms with E-state index in [0.717, 1.165) is 9.13 Å². The fourth-order valence-corrected chi connectivity index (χ4v) is 2.98. The first-order chi connectivity index (χ1) is 9.33. The van der Waals surface area contributed by atoms with E-state index in [0.29, 0.717) is 6.54 Å². The summed E-state index contributed by atoms with van der Waals surface area (Å²) in [6, 6.07) is 6.73. The highest BCUT2D eigenvalue weighted by Crippen LogP contribution is 2.28. The molecule has 0 amide bonds. The third kappa shape index (κ3) is 2.94. The van der Waals surface area contributed by atoms with Gasteiger partial charge in [0.2, 0.25) is 0 Å². The fourth-order valence-electron chi connectivity index (χ4n) is 2.42. The Morgan fingerprint density at radius 3 is 2.60 bits per heavy atom. The van der Waals surface area contributed by atoms with E-state index in [2.05, 4.69) is 22.6 Å². The van der Waals surface area contributed by atoms with Crippen molar-refractivity contribution in [1.29, 1.82) is 0 Å². The normalized spacial score (nSPS) is 26.6. The molecule has 0 spiro atoms. The Labute approximate surface area is 129 Å². The van der Waals surface area contributed by atoms with Crippen molar-refractivity contribution < 1.29 is 19.8 Å². The van der Waals surface area contributed by atoms with Gasteiger partial charge < -0.3 is 15.9 Å². The van der Waals surface area contributed by atoms with Crippen LogP contribution < -0.4 is 5.73 Å². The largest absolute Gasteiger partial charge is 0.480 e. The minimum atomic E-state index is -1.50. The second kappa shape index (κ2) is 5.66. The Hall–Kier alpha value is -1.19. The lowest BCUT2D eigenvalue weighted by atomic mass is 9.98. The van der Waals surface area contributed by atoms with Crippen molar-refractivity contribution in [3.05, 3.63) is 33.4 Å². The number of likely N-dealkylation sites (tertiary alicyclic amines) is 1. The number of aliphatic carboxylic acids is 2. The Morgan fingerprint density at radius 1 is 1.40 bits per heavy atom. The minimum Gasteiger partial charge on any atom is -0.480 e. The first kappa shape index (κ1) is 15.2. The molecule has 2 unspecified atom stereocenters. The highest BCUT2D eigenvalue weighted by Gasteiger charge is 2.49. The molecular formula is C13H15IN2O4. The second-order valence-corrected chi connectivity index (χ2v) is 6.18. The Bertz CT molecular complexity index is 551. The van der Waals surface area contributed by atoms with Crippen molar-refractivity contribution in [3.8, 4) is 0 Å². The summed E-state index contributed by atoms with van der Waals surface area (Å²) in [5, 5.41) is 18.4. The van der Waals surface area contributed by atoms with E-state index < -0.39 is 23.5 Å². The molecule has 1 aromatic carbocycles. The van der Waals surface area contributed by atoms with E-state index in [-0.39, 0.29) is 13.0 Å². The number of carbonyl (C=O) groups is 2. The molecule has 4 N–H and O–H groups in total. The van der Waals surface area contributed by atoms with Gasteiger partial charge in [0.05, 0.1) is 0 Å². The van der Waals surface area contributed by atoms with Crippen LogP contribution in [-0.4, -0.2) is 45.2 Å². The highest BCUT2D eigenvalue weighted by molar-refractivity contribution is 14.1. The smallest absolute Gasteiger partial charge is 0.325 e. The summed E-state index contributed by atoms with van der Waals surface area (Å²) in [5.74, 6) is -2.20. The van der Waals surface area contributed by atoms with Crippen molar-refractivity contribution in [2.75, 3.05) is 6.54 Å². The van der Waals surface area contributed by atoms with Crippen LogP contribution in [-0.2, 0) is 16.1 Å². The molecule has 0 aromatic heterocycles. The average molecular weight is 390 g/mol. The number of carboxylic acids is 2. The lowest BCUT2D eigenvalue weighted by Crippen LogP contribution is -2.50. The van der Waals surface area contributed by atoms with Crippen molar-refractivity contribution in [3.63, 3.8) is 0 Å². The summed E-state index contributed by atoms with van der Waals surface area (Å²) < 4.78 is 1.01. The van der Waals surface area contributed by atoms with Crippen LogP contribution >= 0.6 is 22.6 Å².